The maximum absolute atomic E-state index is 13.5. The van der Waals surface area contributed by atoms with Gasteiger partial charge in [-0.1, -0.05) is 11.6 Å². The lowest BCUT2D eigenvalue weighted by atomic mass is 9.86. The van der Waals surface area contributed by atoms with Crippen molar-refractivity contribution in [2.75, 3.05) is 5.32 Å². The van der Waals surface area contributed by atoms with Gasteiger partial charge < -0.3 is 20.1 Å². The quantitative estimate of drug-likeness (QED) is 0.285. The number of fused-ring (bicyclic) bond motifs is 1. The molecule has 0 bridgehead atoms. The van der Waals surface area contributed by atoms with E-state index in [0.29, 0.717) is 46.5 Å². The van der Waals surface area contributed by atoms with E-state index in [-0.39, 0.29) is 22.8 Å². The molecule has 1 fully saturated rings. The zero-order valence-corrected chi connectivity index (χ0v) is 19.5. The van der Waals surface area contributed by atoms with Crippen LogP contribution in [0, 0.1) is 5.92 Å². The molecule has 0 radical (unpaired) electrons. The lowest BCUT2D eigenvalue weighted by molar-refractivity contribution is -0.142. The van der Waals surface area contributed by atoms with Crippen LogP contribution in [0.25, 0.3) is 11.0 Å². The van der Waals surface area contributed by atoms with Gasteiger partial charge >= 0.3 is 5.97 Å². The fourth-order valence-corrected chi connectivity index (χ4v) is 4.75. The molecule has 1 aliphatic carbocycles. The number of aromatic nitrogens is 3. The lowest BCUT2D eigenvalue weighted by Crippen LogP contribution is -2.29. The number of carboxylic acids is 1. The summed E-state index contributed by atoms with van der Waals surface area (Å²) in [7, 11) is 0. The lowest BCUT2D eigenvalue weighted by Gasteiger charge is -2.28. The zero-order valence-electron chi connectivity index (χ0n) is 18.7. The third-order valence-corrected chi connectivity index (χ3v) is 6.64. The number of nitrogens with zero attached hydrogens (tertiary/aromatic N) is 2. The number of benzene rings is 1. The molecular formula is C26H23ClN4O4. The van der Waals surface area contributed by atoms with E-state index in [0.717, 1.165) is 18.5 Å². The molecule has 9 heteroatoms. The Bertz CT molecular complexity index is 1380. The number of aliphatic carboxylic acids is 1. The number of H-pyrrole nitrogens is 1. The van der Waals surface area contributed by atoms with E-state index in [1.54, 1.807) is 55.1 Å². The van der Waals surface area contributed by atoms with Gasteiger partial charge in [-0.25, -0.2) is 4.98 Å². The van der Waals surface area contributed by atoms with Crippen LogP contribution in [-0.4, -0.2) is 37.9 Å². The summed E-state index contributed by atoms with van der Waals surface area (Å²) >= 11 is 6.49. The predicted molar refractivity (Wildman–Crippen MR) is 132 cm³/mol. The van der Waals surface area contributed by atoms with Gasteiger partial charge in [-0.2, -0.15) is 0 Å². The second kappa shape index (κ2) is 9.76. The Morgan fingerprint density at radius 3 is 2.49 bits per heavy atom. The summed E-state index contributed by atoms with van der Waals surface area (Å²) in [6, 6.07) is 10.4. The molecule has 1 aromatic carbocycles. The second-order valence-electron chi connectivity index (χ2n) is 8.57. The summed E-state index contributed by atoms with van der Waals surface area (Å²) in [5.41, 5.74) is 2.18. The van der Waals surface area contributed by atoms with Gasteiger partial charge in [0.1, 0.15) is 17.1 Å². The summed E-state index contributed by atoms with van der Waals surface area (Å²) in [6.45, 7) is 0. The zero-order chi connectivity index (χ0) is 24.4. The molecule has 3 N–H and O–H groups in total. The highest BCUT2D eigenvalue weighted by Gasteiger charge is 2.27. The van der Waals surface area contributed by atoms with Crippen LogP contribution in [0.3, 0.4) is 0 Å². The molecule has 0 unspecified atom stereocenters. The first kappa shape index (κ1) is 22.9. The molecular weight excluding hydrogens is 468 g/mol. The average Bonchev–Trinajstić information content (AvgIpc) is 3.30. The molecule has 8 nitrogen and oxygen atoms in total. The van der Waals surface area contributed by atoms with Gasteiger partial charge in [-0.15, -0.1) is 0 Å². The van der Waals surface area contributed by atoms with Crippen LogP contribution >= 0.6 is 11.6 Å². The second-order valence-corrected chi connectivity index (χ2v) is 8.98. The van der Waals surface area contributed by atoms with Crippen LogP contribution in [0.1, 0.15) is 41.6 Å². The summed E-state index contributed by atoms with van der Waals surface area (Å²) < 4.78 is 5.78. The van der Waals surface area contributed by atoms with Crippen molar-refractivity contribution in [3.63, 3.8) is 0 Å². The van der Waals surface area contributed by atoms with Crippen molar-refractivity contribution >= 4 is 40.1 Å². The van der Waals surface area contributed by atoms with Gasteiger partial charge in [0.15, 0.2) is 5.78 Å². The minimum absolute atomic E-state index is 0.127. The highest BCUT2D eigenvalue weighted by atomic mass is 35.5. The maximum Gasteiger partial charge on any atom is 0.306 e. The van der Waals surface area contributed by atoms with Gasteiger partial charge in [-0.05, 0) is 56.0 Å². The number of nitrogens with one attached hydrogen (secondary N) is 2. The van der Waals surface area contributed by atoms with Gasteiger partial charge in [0, 0.05) is 48.1 Å². The number of pyridine rings is 2. The molecule has 35 heavy (non-hydrogen) atoms. The molecule has 1 saturated carbocycles. The van der Waals surface area contributed by atoms with E-state index in [1.807, 2.05) is 6.07 Å². The van der Waals surface area contributed by atoms with Gasteiger partial charge in [0.25, 0.3) is 0 Å². The average molecular weight is 491 g/mol. The number of rotatable bonds is 7. The first-order valence-corrected chi connectivity index (χ1v) is 11.7. The summed E-state index contributed by atoms with van der Waals surface area (Å²) in [4.78, 5) is 36.2. The van der Waals surface area contributed by atoms with Crippen LogP contribution in [0.5, 0.6) is 11.5 Å². The molecule has 5 rings (SSSR count). The number of carbonyl (C=O) groups excluding carboxylic acids is 1. The number of halogens is 1. The molecule has 0 amide bonds. The van der Waals surface area contributed by atoms with E-state index in [4.69, 9.17) is 16.3 Å². The highest BCUT2D eigenvalue weighted by Crippen LogP contribution is 2.33. The number of anilines is 1. The number of aromatic amines is 1. The minimum Gasteiger partial charge on any atom is -0.481 e. The minimum atomic E-state index is -0.734. The van der Waals surface area contributed by atoms with Crippen molar-refractivity contribution < 1.29 is 19.4 Å². The largest absolute Gasteiger partial charge is 0.481 e. The van der Waals surface area contributed by atoms with Gasteiger partial charge in [0.2, 0.25) is 0 Å². The molecule has 4 aromatic rings. The van der Waals surface area contributed by atoms with E-state index < -0.39 is 5.97 Å². The Labute approximate surface area is 206 Å². The highest BCUT2D eigenvalue weighted by molar-refractivity contribution is 6.35. The number of carboxylic acid groups (broad SMARTS) is 1. The number of carbonyl (C=O) groups is 2. The normalized spacial score (nSPS) is 17.7. The standard InChI is InChI=1S/C26H23ClN4O4/c27-21-13-18(35-17-7-10-28-11-8-17)5-6-19(21)24(32)20-14-30-25-23(20)22(9-12-29-25)31-16-3-1-15(2-4-16)26(33)34/h5-16H,1-4H2,(H,33,34)(H2,29,30,31). The van der Waals surface area contributed by atoms with E-state index in [1.165, 1.54) is 0 Å². The number of ketones is 1. The molecule has 3 heterocycles. The Balaban J connectivity index is 1.39. The number of hydrogen-bond acceptors (Lipinski definition) is 6. The van der Waals surface area contributed by atoms with E-state index >= 15 is 0 Å². The number of ether oxygens (including phenoxy) is 1. The van der Waals surface area contributed by atoms with Crippen molar-refractivity contribution in [1.82, 2.24) is 15.0 Å². The third-order valence-electron chi connectivity index (χ3n) is 6.32. The van der Waals surface area contributed by atoms with Crippen molar-refractivity contribution in [1.29, 1.82) is 0 Å². The first-order chi connectivity index (χ1) is 17.0. The molecule has 0 saturated heterocycles. The Morgan fingerprint density at radius 1 is 1.00 bits per heavy atom. The van der Waals surface area contributed by atoms with Gasteiger partial charge in [-0.3, -0.25) is 14.6 Å². The van der Waals surface area contributed by atoms with Crippen LogP contribution in [0.4, 0.5) is 5.69 Å². The number of hydrogen-bond donors (Lipinski definition) is 3. The smallest absolute Gasteiger partial charge is 0.306 e. The van der Waals surface area contributed by atoms with Gasteiger partial charge in [0.05, 0.1) is 21.9 Å². The van der Waals surface area contributed by atoms with Crippen molar-refractivity contribution in [2.24, 2.45) is 5.92 Å². The monoisotopic (exact) mass is 490 g/mol. The Morgan fingerprint density at radius 2 is 1.77 bits per heavy atom. The topological polar surface area (TPSA) is 117 Å². The molecule has 0 spiro atoms. The molecule has 1 aliphatic rings. The summed E-state index contributed by atoms with van der Waals surface area (Å²) in [6.07, 6.45) is 9.33. The summed E-state index contributed by atoms with van der Waals surface area (Å²) in [5, 5.41) is 13.7. The first-order valence-electron chi connectivity index (χ1n) is 11.4. The molecule has 178 valence electrons. The van der Waals surface area contributed by atoms with Crippen molar-refractivity contribution in [3.05, 3.63) is 77.3 Å². The third kappa shape index (κ3) is 4.83. The fourth-order valence-electron chi connectivity index (χ4n) is 4.49. The Hall–Kier alpha value is -3.91. The van der Waals surface area contributed by atoms with Crippen LogP contribution in [-0.2, 0) is 4.79 Å². The van der Waals surface area contributed by atoms with Crippen LogP contribution in [0.15, 0.2) is 61.2 Å². The predicted octanol–water partition coefficient (Wildman–Crippen LogP) is 5.69. The van der Waals surface area contributed by atoms with Crippen molar-refractivity contribution in [3.8, 4) is 11.5 Å². The van der Waals surface area contributed by atoms with Crippen LogP contribution in [0.2, 0.25) is 5.02 Å². The molecule has 3 aromatic heterocycles. The Kier molecular flexibility index (Phi) is 6.37. The maximum atomic E-state index is 13.5. The van der Waals surface area contributed by atoms with E-state index in [9.17, 15) is 14.7 Å². The fraction of sp³-hybridized carbons (Fsp3) is 0.231. The van der Waals surface area contributed by atoms with Crippen LogP contribution < -0.4 is 10.1 Å². The summed E-state index contributed by atoms with van der Waals surface area (Å²) in [5.74, 6) is -0.129. The molecule has 0 atom stereocenters. The SMILES string of the molecule is O=C(c1ccc(Oc2ccncc2)cc1Cl)c1c[nH]c2nccc(NC3CCC(C(=O)O)CC3)c12. The van der Waals surface area contributed by atoms with E-state index in [2.05, 4.69) is 20.3 Å². The molecule has 0 aliphatic heterocycles. The van der Waals surface area contributed by atoms with Crippen molar-refractivity contribution in [2.45, 2.75) is 31.7 Å².